The Morgan fingerprint density at radius 1 is 1.39 bits per heavy atom. The summed E-state index contributed by atoms with van der Waals surface area (Å²) >= 11 is 0. The smallest absolute Gasteiger partial charge is 0.193 e. The molecular weight excluding hydrogens is 226 g/mol. The van der Waals surface area contributed by atoms with E-state index >= 15 is 0 Å². The molecule has 2 rings (SSSR count). The molecule has 4 heteroatoms. The Morgan fingerprint density at radius 2 is 2.11 bits per heavy atom. The lowest BCUT2D eigenvalue weighted by Gasteiger charge is -2.10. The summed E-state index contributed by atoms with van der Waals surface area (Å²) in [7, 11) is 0. The van der Waals surface area contributed by atoms with E-state index in [1.165, 1.54) is 11.1 Å². The van der Waals surface area contributed by atoms with Crippen LogP contribution in [0.5, 0.6) is 0 Å². The van der Waals surface area contributed by atoms with Gasteiger partial charge in [0, 0.05) is 11.1 Å². The van der Waals surface area contributed by atoms with Gasteiger partial charge in [-0.1, -0.05) is 6.07 Å². The number of hydrogen-bond donors (Lipinski definition) is 3. The lowest BCUT2D eigenvalue weighted by molar-refractivity contribution is 0.217. The average Bonchev–Trinajstić information content (AvgIpc) is 3.12. The van der Waals surface area contributed by atoms with E-state index in [1.807, 2.05) is 6.07 Å². The molecule has 0 atom stereocenters. The molecule has 1 aliphatic carbocycles. The zero-order valence-electron chi connectivity index (χ0n) is 11.0. The first-order chi connectivity index (χ1) is 8.54. The van der Waals surface area contributed by atoms with Gasteiger partial charge in [0.2, 0.25) is 0 Å². The van der Waals surface area contributed by atoms with Crippen molar-refractivity contribution in [3.8, 4) is 0 Å². The third-order valence-electron chi connectivity index (χ3n) is 3.66. The molecule has 0 unspecified atom stereocenters. The van der Waals surface area contributed by atoms with E-state index in [0.29, 0.717) is 12.5 Å². The van der Waals surface area contributed by atoms with E-state index in [4.69, 9.17) is 5.73 Å². The number of nitrogens with zero attached hydrogens (tertiary/aromatic N) is 1. The minimum atomic E-state index is 0.00942. The third-order valence-corrected chi connectivity index (χ3v) is 3.66. The van der Waals surface area contributed by atoms with Gasteiger partial charge in [0.1, 0.15) is 0 Å². The number of aliphatic hydroxyl groups excluding tert-OH is 1. The summed E-state index contributed by atoms with van der Waals surface area (Å²) in [5.74, 6) is 0.415. The van der Waals surface area contributed by atoms with Crippen LogP contribution in [0.1, 0.15) is 24.0 Å². The second kappa shape index (κ2) is 4.98. The van der Waals surface area contributed by atoms with Crippen LogP contribution in [-0.4, -0.2) is 24.2 Å². The molecule has 4 nitrogen and oxygen atoms in total. The fourth-order valence-electron chi connectivity index (χ4n) is 1.80. The van der Waals surface area contributed by atoms with Gasteiger partial charge in [0.05, 0.1) is 13.2 Å². The molecule has 4 N–H and O–H groups in total. The molecule has 0 aliphatic heterocycles. The molecule has 1 aliphatic rings. The molecule has 18 heavy (non-hydrogen) atoms. The van der Waals surface area contributed by atoms with Gasteiger partial charge < -0.3 is 16.2 Å². The van der Waals surface area contributed by atoms with Gasteiger partial charge >= 0.3 is 0 Å². The second-order valence-corrected chi connectivity index (χ2v) is 5.28. The monoisotopic (exact) mass is 247 g/mol. The summed E-state index contributed by atoms with van der Waals surface area (Å²) in [4.78, 5) is 4.30. The maximum Gasteiger partial charge on any atom is 0.193 e. The number of nitrogens with one attached hydrogen (secondary N) is 1. The molecule has 0 aromatic heterocycles. The molecule has 0 spiro atoms. The maximum absolute atomic E-state index is 9.20. The van der Waals surface area contributed by atoms with E-state index in [9.17, 15) is 5.11 Å². The number of aliphatic hydroxyl groups is 1. The highest BCUT2D eigenvalue weighted by Gasteiger charge is 2.41. The van der Waals surface area contributed by atoms with Gasteiger partial charge in [-0.3, -0.25) is 4.99 Å². The van der Waals surface area contributed by atoms with Crippen molar-refractivity contribution in [3.63, 3.8) is 0 Å². The fraction of sp³-hybridized carbons (Fsp3) is 0.500. The molecule has 1 aromatic rings. The predicted octanol–water partition coefficient (Wildman–Crippen LogP) is 1.80. The van der Waals surface area contributed by atoms with E-state index in [2.05, 4.69) is 36.3 Å². The molecule has 0 bridgehead atoms. The van der Waals surface area contributed by atoms with Crippen LogP contribution < -0.4 is 11.1 Å². The van der Waals surface area contributed by atoms with Crippen molar-refractivity contribution in [1.29, 1.82) is 0 Å². The van der Waals surface area contributed by atoms with Crippen LogP contribution in [0.15, 0.2) is 23.2 Å². The van der Waals surface area contributed by atoms with Crippen molar-refractivity contribution in [2.75, 3.05) is 18.5 Å². The average molecular weight is 247 g/mol. The summed E-state index contributed by atoms with van der Waals surface area (Å²) in [6.07, 6.45) is 2.09. The van der Waals surface area contributed by atoms with E-state index in [1.54, 1.807) is 0 Å². The van der Waals surface area contributed by atoms with Crippen LogP contribution in [0.3, 0.4) is 0 Å². The summed E-state index contributed by atoms with van der Waals surface area (Å²) in [5.41, 5.74) is 9.28. The largest absolute Gasteiger partial charge is 0.396 e. The number of aliphatic imine (C=N–C) groups is 1. The van der Waals surface area contributed by atoms with Crippen LogP contribution in [-0.2, 0) is 0 Å². The van der Waals surface area contributed by atoms with Gasteiger partial charge in [-0.25, -0.2) is 0 Å². The molecule has 98 valence electrons. The zero-order valence-corrected chi connectivity index (χ0v) is 11.0. The second-order valence-electron chi connectivity index (χ2n) is 5.28. The highest BCUT2D eigenvalue weighted by molar-refractivity contribution is 5.92. The number of rotatable bonds is 4. The summed E-state index contributed by atoms with van der Waals surface area (Å²) in [6, 6.07) is 6.10. The van der Waals surface area contributed by atoms with Crippen LogP contribution in [0.25, 0.3) is 0 Å². The number of anilines is 1. The van der Waals surface area contributed by atoms with Gasteiger partial charge in [-0.15, -0.1) is 0 Å². The Hall–Kier alpha value is -1.55. The van der Waals surface area contributed by atoms with Gasteiger partial charge in [0.25, 0.3) is 0 Å². The molecular formula is C14H21N3O. The maximum atomic E-state index is 9.20. The Kier molecular flexibility index (Phi) is 3.57. The number of aryl methyl sites for hydroxylation is 2. The Bertz CT molecular complexity index is 464. The number of guanidine groups is 1. The summed E-state index contributed by atoms with van der Waals surface area (Å²) < 4.78 is 0. The van der Waals surface area contributed by atoms with Crippen LogP contribution in [0.4, 0.5) is 5.69 Å². The fourth-order valence-corrected chi connectivity index (χ4v) is 1.80. The van der Waals surface area contributed by atoms with Crippen molar-refractivity contribution in [2.45, 2.75) is 26.7 Å². The molecule has 0 amide bonds. The Labute approximate surface area is 108 Å². The number of nitrogens with two attached hydrogens (primary N) is 1. The van der Waals surface area contributed by atoms with Crippen molar-refractivity contribution in [3.05, 3.63) is 29.3 Å². The molecule has 1 fully saturated rings. The van der Waals surface area contributed by atoms with Crippen molar-refractivity contribution >= 4 is 11.6 Å². The van der Waals surface area contributed by atoms with Gasteiger partial charge in [-0.05, 0) is 49.9 Å². The molecule has 0 saturated heterocycles. The Balaban J connectivity index is 1.95. The SMILES string of the molecule is Cc1ccc(NC(N)=NCC2(CO)CC2)cc1C. The first-order valence-electron chi connectivity index (χ1n) is 6.30. The van der Waals surface area contributed by atoms with Crippen molar-refractivity contribution in [2.24, 2.45) is 16.1 Å². The van der Waals surface area contributed by atoms with E-state index in [0.717, 1.165) is 18.5 Å². The topological polar surface area (TPSA) is 70.6 Å². The molecule has 0 heterocycles. The van der Waals surface area contributed by atoms with Gasteiger partial charge in [-0.2, -0.15) is 0 Å². The Morgan fingerprint density at radius 3 is 2.67 bits per heavy atom. The van der Waals surface area contributed by atoms with Gasteiger partial charge in [0.15, 0.2) is 5.96 Å². The van der Waals surface area contributed by atoms with E-state index in [-0.39, 0.29) is 12.0 Å². The highest BCUT2D eigenvalue weighted by Crippen LogP contribution is 2.45. The molecule has 0 radical (unpaired) electrons. The summed E-state index contributed by atoms with van der Waals surface area (Å²) in [5, 5.41) is 12.3. The first kappa shape index (κ1) is 12.9. The minimum Gasteiger partial charge on any atom is -0.396 e. The normalized spacial score (nSPS) is 17.6. The number of hydrogen-bond acceptors (Lipinski definition) is 2. The lowest BCUT2D eigenvalue weighted by Crippen LogP contribution is -2.24. The quantitative estimate of drug-likeness (QED) is 0.561. The standard InChI is InChI=1S/C14H21N3O/c1-10-3-4-12(7-11(10)2)17-13(15)16-8-14(9-18)5-6-14/h3-4,7,18H,5-6,8-9H2,1-2H3,(H3,15,16,17). The first-order valence-corrected chi connectivity index (χ1v) is 6.30. The minimum absolute atomic E-state index is 0.00942. The van der Waals surface area contributed by atoms with Crippen LogP contribution >= 0.6 is 0 Å². The van der Waals surface area contributed by atoms with Crippen LogP contribution in [0.2, 0.25) is 0 Å². The van der Waals surface area contributed by atoms with E-state index < -0.39 is 0 Å². The molecule has 1 aromatic carbocycles. The predicted molar refractivity (Wildman–Crippen MR) is 74.8 cm³/mol. The zero-order chi connectivity index (χ0) is 13.2. The highest BCUT2D eigenvalue weighted by atomic mass is 16.3. The summed E-state index contributed by atoms with van der Waals surface area (Å²) in [6.45, 7) is 4.95. The third kappa shape index (κ3) is 3.01. The number of benzene rings is 1. The van der Waals surface area contributed by atoms with Crippen molar-refractivity contribution < 1.29 is 5.11 Å². The van der Waals surface area contributed by atoms with Crippen LogP contribution in [0, 0.1) is 19.3 Å². The molecule has 1 saturated carbocycles. The lowest BCUT2D eigenvalue weighted by atomic mass is 10.1. The van der Waals surface area contributed by atoms with Crippen molar-refractivity contribution in [1.82, 2.24) is 0 Å².